The van der Waals surface area contributed by atoms with Crippen molar-refractivity contribution in [1.82, 2.24) is 5.43 Å². The van der Waals surface area contributed by atoms with E-state index in [1.165, 1.54) is 16.7 Å². The normalized spacial score (nSPS) is 13.1. The van der Waals surface area contributed by atoms with Crippen LogP contribution in [0.4, 0.5) is 0 Å². The molecule has 90 valence electrons. The van der Waals surface area contributed by atoms with Crippen LogP contribution in [0.2, 0.25) is 0 Å². The third-order valence-corrected chi connectivity index (χ3v) is 3.30. The van der Waals surface area contributed by atoms with Crippen molar-refractivity contribution in [3.63, 3.8) is 0 Å². The fourth-order valence-corrected chi connectivity index (χ4v) is 2.45. The number of hydrogen-bond donors (Lipinski definition) is 2. The molecule has 0 amide bonds. The Hall–Kier alpha value is -0.860. The van der Waals surface area contributed by atoms with Crippen LogP contribution >= 0.6 is 0 Å². The topological polar surface area (TPSA) is 38.0 Å². The third-order valence-electron chi connectivity index (χ3n) is 3.30. The Bertz CT molecular complexity index is 309. The van der Waals surface area contributed by atoms with Crippen molar-refractivity contribution < 1.29 is 0 Å². The van der Waals surface area contributed by atoms with Gasteiger partial charge in [-0.3, -0.25) is 11.3 Å². The molecule has 0 spiro atoms. The Balaban J connectivity index is 3.02. The maximum absolute atomic E-state index is 5.71. The predicted molar refractivity (Wildman–Crippen MR) is 70.1 cm³/mol. The smallest absolute Gasteiger partial charge is 0.0488 e. The first-order valence-electron chi connectivity index (χ1n) is 6.16. The SMILES string of the molecule is CCC(CC)C(NN)c1cc(C)cc(C)c1. The Morgan fingerprint density at radius 1 is 1.06 bits per heavy atom. The molecule has 0 aliphatic carbocycles. The maximum atomic E-state index is 5.71. The molecule has 16 heavy (non-hydrogen) atoms. The number of aryl methyl sites for hydroxylation is 2. The lowest BCUT2D eigenvalue weighted by Gasteiger charge is -2.25. The minimum absolute atomic E-state index is 0.272. The molecular weight excluding hydrogens is 196 g/mol. The number of hydrazine groups is 1. The first-order chi connectivity index (χ1) is 7.62. The highest BCUT2D eigenvalue weighted by molar-refractivity contribution is 5.31. The second-order valence-corrected chi connectivity index (χ2v) is 4.64. The molecule has 0 aliphatic rings. The average molecular weight is 220 g/mol. The van der Waals surface area contributed by atoms with Crippen molar-refractivity contribution in [2.24, 2.45) is 11.8 Å². The average Bonchev–Trinajstić information content (AvgIpc) is 2.24. The molecule has 1 unspecified atom stereocenters. The van der Waals surface area contributed by atoms with Crippen molar-refractivity contribution in [1.29, 1.82) is 0 Å². The summed E-state index contributed by atoms with van der Waals surface area (Å²) >= 11 is 0. The highest BCUT2D eigenvalue weighted by Crippen LogP contribution is 2.27. The molecular formula is C14H24N2. The van der Waals surface area contributed by atoms with E-state index in [1.54, 1.807) is 0 Å². The Kier molecular flexibility index (Phi) is 4.97. The Morgan fingerprint density at radius 2 is 1.56 bits per heavy atom. The first kappa shape index (κ1) is 13.2. The standard InChI is InChI=1S/C14H24N2/c1-5-12(6-2)14(16-15)13-8-10(3)7-11(4)9-13/h7-9,12,14,16H,5-6,15H2,1-4H3. The predicted octanol–water partition coefficient (Wildman–Crippen LogP) is 3.24. The molecule has 0 aliphatic heterocycles. The summed E-state index contributed by atoms with van der Waals surface area (Å²) in [6.45, 7) is 8.72. The fourth-order valence-electron chi connectivity index (χ4n) is 2.45. The first-order valence-corrected chi connectivity index (χ1v) is 6.16. The highest BCUT2D eigenvalue weighted by atomic mass is 15.2. The molecule has 2 nitrogen and oxygen atoms in total. The molecule has 2 heteroatoms. The van der Waals surface area contributed by atoms with Gasteiger partial charge in [0.25, 0.3) is 0 Å². The van der Waals surface area contributed by atoms with E-state index in [2.05, 4.69) is 51.3 Å². The zero-order valence-corrected chi connectivity index (χ0v) is 10.9. The minimum atomic E-state index is 0.272. The number of nitrogens with one attached hydrogen (secondary N) is 1. The van der Waals surface area contributed by atoms with Crippen molar-refractivity contribution in [2.75, 3.05) is 0 Å². The summed E-state index contributed by atoms with van der Waals surface area (Å²) in [6.07, 6.45) is 2.30. The van der Waals surface area contributed by atoms with Crippen LogP contribution in [0.5, 0.6) is 0 Å². The van der Waals surface area contributed by atoms with E-state index in [1.807, 2.05) is 0 Å². The van der Waals surface area contributed by atoms with E-state index < -0.39 is 0 Å². The highest BCUT2D eigenvalue weighted by Gasteiger charge is 2.19. The summed E-state index contributed by atoms with van der Waals surface area (Å²) in [5, 5.41) is 0. The summed E-state index contributed by atoms with van der Waals surface area (Å²) in [5.41, 5.74) is 6.90. The summed E-state index contributed by atoms with van der Waals surface area (Å²) < 4.78 is 0. The summed E-state index contributed by atoms with van der Waals surface area (Å²) in [7, 11) is 0. The van der Waals surface area contributed by atoms with Gasteiger partial charge in [-0.1, -0.05) is 56.0 Å². The lowest BCUT2D eigenvalue weighted by Crippen LogP contribution is -2.33. The van der Waals surface area contributed by atoms with E-state index in [9.17, 15) is 0 Å². The van der Waals surface area contributed by atoms with E-state index in [-0.39, 0.29) is 6.04 Å². The molecule has 0 heterocycles. The van der Waals surface area contributed by atoms with Crippen LogP contribution in [0.25, 0.3) is 0 Å². The molecule has 1 aromatic rings. The quantitative estimate of drug-likeness (QED) is 0.590. The van der Waals surface area contributed by atoms with Crippen LogP contribution in [0.15, 0.2) is 18.2 Å². The van der Waals surface area contributed by atoms with Crippen molar-refractivity contribution in [3.05, 3.63) is 34.9 Å². The van der Waals surface area contributed by atoms with Gasteiger partial charge in [0.2, 0.25) is 0 Å². The number of benzene rings is 1. The van der Waals surface area contributed by atoms with Gasteiger partial charge in [0.15, 0.2) is 0 Å². The van der Waals surface area contributed by atoms with E-state index in [0.29, 0.717) is 5.92 Å². The summed E-state index contributed by atoms with van der Waals surface area (Å²) in [5.74, 6) is 6.31. The largest absolute Gasteiger partial charge is 0.271 e. The van der Waals surface area contributed by atoms with E-state index in [0.717, 1.165) is 12.8 Å². The molecule has 0 fully saturated rings. The lowest BCUT2D eigenvalue weighted by atomic mass is 9.88. The molecule has 1 aromatic carbocycles. The Labute approximate surface area is 99.2 Å². The second-order valence-electron chi connectivity index (χ2n) is 4.64. The lowest BCUT2D eigenvalue weighted by molar-refractivity contribution is 0.345. The molecule has 1 rings (SSSR count). The number of hydrogen-bond acceptors (Lipinski definition) is 2. The van der Waals surface area contributed by atoms with Gasteiger partial charge in [-0.15, -0.1) is 0 Å². The van der Waals surface area contributed by atoms with Crippen LogP contribution in [-0.2, 0) is 0 Å². The second kappa shape index (κ2) is 6.02. The van der Waals surface area contributed by atoms with Gasteiger partial charge in [-0.2, -0.15) is 0 Å². The summed E-state index contributed by atoms with van der Waals surface area (Å²) in [4.78, 5) is 0. The monoisotopic (exact) mass is 220 g/mol. The van der Waals surface area contributed by atoms with Gasteiger partial charge >= 0.3 is 0 Å². The fraction of sp³-hybridized carbons (Fsp3) is 0.571. The van der Waals surface area contributed by atoms with Crippen LogP contribution in [0.3, 0.4) is 0 Å². The van der Waals surface area contributed by atoms with Crippen LogP contribution < -0.4 is 11.3 Å². The van der Waals surface area contributed by atoms with Gasteiger partial charge in [-0.05, 0) is 25.3 Å². The van der Waals surface area contributed by atoms with Gasteiger partial charge in [-0.25, -0.2) is 0 Å². The molecule has 0 saturated heterocycles. The van der Waals surface area contributed by atoms with Gasteiger partial charge in [0.1, 0.15) is 0 Å². The zero-order chi connectivity index (χ0) is 12.1. The van der Waals surface area contributed by atoms with Crippen LogP contribution in [0.1, 0.15) is 49.4 Å². The molecule has 0 radical (unpaired) electrons. The van der Waals surface area contributed by atoms with Gasteiger partial charge in [0.05, 0.1) is 0 Å². The van der Waals surface area contributed by atoms with Crippen LogP contribution in [-0.4, -0.2) is 0 Å². The molecule has 0 aromatic heterocycles. The molecule has 1 atom stereocenters. The summed E-state index contributed by atoms with van der Waals surface area (Å²) in [6, 6.07) is 6.93. The molecule has 0 bridgehead atoms. The van der Waals surface area contributed by atoms with Crippen molar-refractivity contribution in [2.45, 2.75) is 46.6 Å². The number of rotatable bonds is 5. The van der Waals surface area contributed by atoms with Crippen molar-refractivity contribution in [3.8, 4) is 0 Å². The van der Waals surface area contributed by atoms with Gasteiger partial charge in [0, 0.05) is 6.04 Å². The zero-order valence-electron chi connectivity index (χ0n) is 10.9. The molecule has 0 saturated carbocycles. The van der Waals surface area contributed by atoms with E-state index >= 15 is 0 Å². The maximum Gasteiger partial charge on any atom is 0.0488 e. The van der Waals surface area contributed by atoms with Crippen LogP contribution in [0, 0.1) is 19.8 Å². The van der Waals surface area contributed by atoms with E-state index in [4.69, 9.17) is 5.84 Å². The number of nitrogens with two attached hydrogens (primary N) is 1. The third kappa shape index (κ3) is 3.06. The van der Waals surface area contributed by atoms with Crippen molar-refractivity contribution >= 4 is 0 Å². The minimum Gasteiger partial charge on any atom is -0.271 e. The van der Waals surface area contributed by atoms with Gasteiger partial charge < -0.3 is 0 Å². The Morgan fingerprint density at radius 3 is 1.94 bits per heavy atom. The molecule has 3 N–H and O–H groups in total.